The molecule has 2 aromatic carbocycles. The first-order valence-corrected chi connectivity index (χ1v) is 8.63. The third-order valence-electron chi connectivity index (χ3n) is 3.88. The lowest BCUT2D eigenvalue weighted by Crippen LogP contribution is -2.17. The first-order valence-electron chi connectivity index (χ1n) is 7.15. The third-order valence-corrected chi connectivity index (χ3v) is 5.32. The van der Waals surface area contributed by atoms with Crippen LogP contribution in [-0.2, 0) is 22.9 Å². The summed E-state index contributed by atoms with van der Waals surface area (Å²) >= 11 is 0. The fourth-order valence-electron chi connectivity index (χ4n) is 2.80. The Bertz CT molecular complexity index is 941. The van der Waals surface area contributed by atoms with Crippen molar-refractivity contribution in [1.29, 1.82) is 0 Å². The maximum Gasteiger partial charge on any atom is 0.335 e. The molecule has 1 aliphatic carbocycles. The van der Waals surface area contributed by atoms with E-state index in [1.165, 1.54) is 6.07 Å². The molecule has 0 aliphatic heterocycles. The minimum atomic E-state index is -4.25. The van der Waals surface area contributed by atoms with Crippen molar-refractivity contribution in [3.8, 4) is 0 Å². The first-order chi connectivity index (χ1) is 11.3. The molecule has 1 aliphatic rings. The van der Waals surface area contributed by atoms with Gasteiger partial charge in [-0.1, -0.05) is 0 Å². The van der Waals surface area contributed by atoms with E-state index in [9.17, 15) is 22.0 Å². The van der Waals surface area contributed by atoms with E-state index in [-0.39, 0.29) is 10.5 Å². The average molecular weight is 353 g/mol. The van der Waals surface area contributed by atoms with E-state index in [0.717, 1.165) is 24.3 Å². The Hall–Kier alpha value is -2.48. The third kappa shape index (κ3) is 2.96. The molecule has 0 saturated carbocycles. The number of benzene rings is 2. The maximum atomic E-state index is 13.7. The summed E-state index contributed by atoms with van der Waals surface area (Å²) in [5.41, 5.74) is 0.484. The molecule has 8 heteroatoms. The Labute approximate surface area is 137 Å². The summed E-state index contributed by atoms with van der Waals surface area (Å²) in [7, 11) is -4.25. The van der Waals surface area contributed by atoms with Crippen molar-refractivity contribution in [1.82, 2.24) is 0 Å². The summed E-state index contributed by atoms with van der Waals surface area (Å²) in [6.07, 6.45) is 1.76. The molecule has 0 unspecified atom stereocenters. The van der Waals surface area contributed by atoms with Gasteiger partial charge in [0.15, 0.2) is 0 Å². The number of sulfonamides is 1. The van der Waals surface area contributed by atoms with E-state index in [2.05, 4.69) is 0 Å². The van der Waals surface area contributed by atoms with Crippen LogP contribution in [0, 0.1) is 11.6 Å². The van der Waals surface area contributed by atoms with E-state index < -0.39 is 33.3 Å². The average Bonchev–Trinajstić information content (AvgIpc) is 2.97. The van der Waals surface area contributed by atoms with E-state index >= 15 is 0 Å². The quantitative estimate of drug-likeness (QED) is 0.885. The number of nitrogens with one attached hydrogen (secondary N) is 1. The zero-order chi connectivity index (χ0) is 17.5. The number of anilines is 1. The van der Waals surface area contributed by atoms with Gasteiger partial charge >= 0.3 is 5.97 Å². The SMILES string of the molecule is O=C(O)c1cc2c(c(S(=O)(=O)Nc3cc(F)ccc3F)c1)CCC2. The molecule has 0 spiro atoms. The van der Waals surface area contributed by atoms with Gasteiger partial charge in [-0.15, -0.1) is 0 Å². The predicted octanol–water partition coefficient (Wildman–Crippen LogP) is 2.95. The summed E-state index contributed by atoms with van der Waals surface area (Å²) in [6, 6.07) is 4.91. The van der Waals surface area contributed by atoms with Crippen LogP contribution in [0.25, 0.3) is 0 Å². The smallest absolute Gasteiger partial charge is 0.335 e. The van der Waals surface area contributed by atoms with E-state index in [4.69, 9.17) is 5.11 Å². The number of carbonyl (C=O) groups is 1. The number of rotatable bonds is 4. The second kappa shape index (κ2) is 5.86. The highest BCUT2D eigenvalue weighted by Gasteiger charge is 2.27. The molecule has 0 radical (unpaired) electrons. The highest BCUT2D eigenvalue weighted by molar-refractivity contribution is 7.92. The topological polar surface area (TPSA) is 83.5 Å². The Kier molecular flexibility index (Phi) is 4.00. The molecule has 5 nitrogen and oxygen atoms in total. The van der Waals surface area contributed by atoms with Gasteiger partial charge in [-0.05, 0) is 54.7 Å². The van der Waals surface area contributed by atoms with Crippen molar-refractivity contribution in [3.63, 3.8) is 0 Å². The normalized spacial score (nSPS) is 13.6. The number of halogens is 2. The van der Waals surface area contributed by atoms with Crippen LogP contribution >= 0.6 is 0 Å². The highest BCUT2D eigenvalue weighted by atomic mass is 32.2. The van der Waals surface area contributed by atoms with Gasteiger partial charge < -0.3 is 5.11 Å². The van der Waals surface area contributed by atoms with Gasteiger partial charge in [-0.2, -0.15) is 0 Å². The predicted molar refractivity (Wildman–Crippen MR) is 82.6 cm³/mol. The van der Waals surface area contributed by atoms with Gasteiger partial charge in [-0.3, -0.25) is 4.72 Å². The van der Waals surface area contributed by atoms with E-state index in [0.29, 0.717) is 30.4 Å². The van der Waals surface area contributed by atoms with Crippen molar-refractivity contribution in [2.45, 2.75) is 24.2 Å². The molecule has 0 aromatic heterocycles. The van der Waals surface area contributed by atoms with Crippen LogP contribution in [0.4, 0.5) is 14.5 Å². The zero-order valence-corrected chi connectivity index (χ0v) is 13.2. The summed E-state index contributed by atoms with van der Waals surface area (Å²) in [4.78, 5) is 11.0. The monoisotopic (exact) mass is 353 g/mol. The molecule has 126 valence electrons. The number of hydrogen-bond donors (Lipinski definition) is 2. The molecule has 0 fully saturated rings. The lowest BCUT2D eigenvalue weighted by atomic mass is 10.1. The van der Waals surface area contributed by atoms with Crippen LogP contribution in [0.15, 0.2) is 35.2 Å². The zero-order valence-electron chi connectivity index (χ0n) is 12.3. The molecule has 0 saturated heterocycles. The van der Waals surface area contributed by atoms with Gasteiger partial charge in [0, 0.05) is 6.07 Å². The minimum Gasteiger partial charge on any atom is -0.478 e. The first kappa shape index (κ1) is 16.4. The number of fused-ring (bicyclic) bond motifs is 1. The molecule has 0 atom stereocenters. The second-order valence-corrected chi connectivity index (χ2v) is 7.15. The van der Waals surface area contributed by atoms with E-state index in [1.54, 1.807) is 0 Å². The fourth-order valence-corrected chi connectivity index (χ4v) is 4.20. The van der Waals surface area contributed by atoms with Gasteiger partial charge in [0.25, 0.3) is 10.0 Å². The standard InChI is InChI=1S/C16H13F2NO4S/c17-11-4-5-13(18)14(8-11)19-24(22,23)15-7-10(16(20)21)6-9-2-1-3-12(9)15/h4-8,19H,1-3H2,(H,20,21). The molecule has 2 N–H and O–H groups in total. The van der Waals surface area contributed by atoms with Crippen molar-refractivity contribution in [2.24, 2.45) is 0 Å². The van der Waals surface area contributed by atoms with Gasteiger partial charge in [0.05, 0.1) is 16.1 Å². The van der Waals surface area contributed by atoms with Gasteiger partial charge in [0.1, 0.15) is 11.6 Å². The van der Waals surface area contributed by atoms with Crippen LogP contribution in [-0.4, -0.2) is 19.5 Å². The van der Waals surface area contributed by atoms with Crippen molar-refractivity contribution < 1.29 is 27.1 Å². The van der Waals surface area contributed by atoms with Gasteiger partial charge in [-0.25, -0.2) is 22.0 Å². The van der Waals surface area contributed by atoms with Crippen LogP contribution in [0.2, 0.25) is 0 Å². The largest absolute Gasteiger partial charge is 0.478 e. The minimum absolute atomic E-state index is 0.157. The molecular formula is C16H13F2NO4S. The van der Waals surface area contributed by atoms with Crippen LogP contribution in [0.1, 0.15) is 27.9 Å². The summed E-state index contributed by atoms with van der Waals surface area (Å²) in [6.45, 7) is 0. The molecule has 0 amide bonds. The Balaban J connectivity index is 2.10. The van der Waals surface area contributed by atoms with Crippen LogP contribution in [0.5, 0.6) is 0 Å². The number of aryl methyl sites for hydroxylation is 1. The van der Waals surface area contributed by atoms with Gasteiger partial charge in [0.2, 0.25) is 0 Å². The molecule has 2 aromatic rings. The molecule has 3 rings (SSSR count). The summed E-state index contributed by atoms with van der Waals surface area (Å²) in [5, 5.41) is 9.15. The van der Waals surface area contributed by atoms with Crippen molar-refractivity contribution in [3.05, 3.63) is 58.7 Å². The Morgan fingerprint density at radius 2 is 1.88 bits per heavy atom. The molecule has 0 heterocycles. The number of aromatic carboxylic acids is 1. The Morgan fingerprint density at radius 1 is 1.12 bits per heavy atom. The summed E-state index contributed by atoms with van der Waals surface area (Å²) in [5.74, 6) is -2.97. The number of carboxylic acids is 1. The molecule has 24 heavy (non-hydrogen) atoms. The lowest BCUT2D eigenvalue weighted by molar-refractivity contribution is 0.0696. The van der Waals surface area contributed by atoms with E-state index in [1.807, 2.05) is 4.72 Å². The summed E-state index contributed by atoms with van der Waals surface area (Å²) < 4.78 is 54.2. The second-order valence-electron chi connectivity index (χ2n) is 5.50. The van der Waals surface area contributed by atoms with Crippen LogP contribution < -0.4 is 4.72 Å². The van der Waals surface area contributed by atoms with Crippen LogP contribution in [0.3, 0.4) is 0 Å². The Morgan fingerprint density at radius 3 is 2.58 bits per heavy atom. The fraction of sp³-hybridized carbons (Fsp3) is 0.188. The molecule has 0 bridgehead atoms. The lowest BCUT2D eigenvalue weighted by Gasteiger charge is -2.13. The van der Waals surface area contributed by atoms with Crippen molar-refractivity contribution >= 4 is 21.7 Å². The highest BCUT2D eigenvalue weighted by Crippen LogP contribution is 2.31. The number of carboxylic acid groups (broad SMARTS) is 1. The van der Waals surface area contributed by atoms with Crippen molar-refractivity contribution in [2.75, 3.05) is 4.72 Å². The number of hydrogen-bond acceptors (Lipinski definition) is 3. The maximum absolute atomic E-state index is 13.7. The molecular weight excluding hydrogens is 340 g/mol.